The number of hydrogen-bond acceptors (Lipinski definition) is 2. The summed E-state index contributed by atoms with van der Waals surface area (Å²) in [6.45, 7) is 2.28. The summed E-state index contributed by atoms with van der Waals surface area (Å²) < 4.78 is 4.78. The highest BCUT2D eigenvalue weighted by Crippen LogP contribution is 2.60. The minimum absolute atomic E-state index is 0. The second-order valence-corrected chi connectivity index (χ2v) is 8.29. The van der Waals surface area contributed by atoms with E-state index in [2.05, 4.69) is 74.8 Å². The second kappa shape index (κ2) is 6.90. The number of rotatable bonds is 4. The molecule has 1 rings (SSSR count). The Morgan fingerprint density at radius 2 is 1.38 bits per heavy atom. The van der Waals surface area contributed by atoms with Crippen LogP contribution in [0.5, 0.6) is 0 Å². The summed E-state index contributed by atoms with van der Waals surface area (Å²) in [6, 6.07) is 10.8. The third-order valence-electron chi connectivity index (χ3n) is 2.93. The van der Waals surface area contributed by atoms with Gasteiger partial charge >= 0.3 is 0 Å². The topological polar surface area (TPSA) is 6.48 Å². The summed E-state index contributed by atoms with van der Waals surface area (Å²) in [6.07, 6.45) is 1.18. The SMILES string of the molecule is CC[P+](c1ccccc1)(N(C)C)N(C)C.[I-]. The van der Waals surface area contributed by atoms with Gasteiger partial charge in [0.25, 0.3) is 0 Å². The van der Waals surface area contributed by atoms with Crippen molar-refractivity contribution < 1.29 is 24.0 Å². The Morgan fingerprint density at radius 1 is 0.938 bits per heavy atom. The van der Waals surface area contributed by atoms with Gasteiger partial charge in [-0.1, -0.05) is 18.2 Å². The molecule has 0 N–H and O–H groups in total. The molecule has 0 amide bonds. The molecule has 0 radical (unpaired) electrons. The molecule has 0 fully saturated rings. The van der Waals surface area contributed by atoms with Gasteiger partial charge in [-0.2, -0.15) is 9.34 Å². The summed E-state index contributed by atoms with van der Waals surface area (Å²) in [5.74, 6) is 0. The largest absolute Gasteiger partial charge is 1.00 e. The first kappa shape index (κ1) is 16.3. The van der Waals surface area contributed by atoms with Gasteiger partial charge in [0.2, 0.25) is 0 Å². The molecule has 0 aliphatic carbocycles. The van der Waals surface area contributed by atoms with Crippen molar-refractivity contribution in [3.63, 3.8) is 0 Å². The van der Waals surface area contributed by atoms with Crippen LogP contribution in [0.3, 0.4) is 0 Å². The zero-order valence-electron chi connectivity index (χ0n) is 10.8. The lowest BCUT2D eigenvalue weighted by molar-refractivity contribution is -0.00000331. The predicted octanol–water partition coefficient (Wildman–Crippen LogP) is -0.693. The lowest BCUT2D eigenvalue weighted by Gasteiger charge is -2.35. The van der Waals surface area contributed by atoms with Crippen molar-refractivity contribution >= 4 is 12.9 Å². The fourth-order valence-corrected chi connectivity index (χ4v) is 6.02. The van der Waals surface area contributed by atoms with Crippen LogP contribution in [0, 0.1) is 0 Å². The maximum atomic E-state index is 2.39. The molecule has 0 spiro atoms. The molecule has 0 saturated carbocycles. The van der Waals surface area contributed by atoms with E-state index in [0.29, 0.717) is 0 Å². The zero-order chi connectivity index (χ0) is 11.5. The van der Waals surface area contributed by atoms with Crippen LogP contribution in [-0.4, -0.2) is 43.7 Å². The lowest BCUT2D eigenvalue weighted by Crippen LogP contribution is -3.00. The van der Waals surface area contributed by atoms with E-state index in [-0.39, 0.29) is 24.0 Å². The summed E-state index contributed by atoms with van der Waals surface area (Å²) in [7, 11) is 7.43. The van der Waals surface area contributed by atoms with Gasteiger partial charge in [0, 0.05) is 28.2 Å². The van der Waals surface area contributed by atoms with Gasteiger partial charge < -0.3 is 24.0 Å². The minimum atomic E-state index is -1.31. The van der Waals surface area contributed by atoms with Gasteiger partial charge in [-0.05, 0) is 19.1 Å². The van der Waals surface area contributed by atoms with Crippen molar-refractivity contribution in [3.05, 3.63) is 30.3 Å². The van der Waals surface area contributed by atoms with E-state index in [1.165, 1.54) is 11.5 Å². The maximum absolute atomic E-state index is 2.39. The summed E-state index contributed by atoms with van der Waals surface area (Å²) in [5.41, 5.74) is 0. The van der Waals surface area contributed by atoms with Crippen LogP contribution in [-0.2, 0) is 0 Å². The van der Waals surface area contributed by atoms with Crippen molar-refractivity contribution in [1.82, 2.24) is 9.34 Å². The van der Waals surface area contributed by atoms with Gasteiger partial charge in [-0.25, -0.2) is 0 Å². The van der Waals surface area contributed by atoms with Crippen LogP contribution >= 0.6 is 7.56 Å². The second-order valence-electron chi connectivity index (χ2n) is 4.08. The Kier molecular flexibility index (Phi) is 7.03. The highest BCUT2D eigenvalue weighted by atomic mass is 127. The molecule has 0 bridgehead atoms. The molecular weight excluding hydrogens is 330 g/mol. The number of nitrogens with zero attached hydrogens (tertiary/aromatic N) is 2. The van der Waals surface area contributed by atoms with Gasteiger partial charge in [0.1, 0.15) is 5.30 Å². The molecule has 92 valence electrons. The molecule has 0 atom stereocenters. The van der Waals surface area contributed by atoms with E-state index in [4.69, 9.17) is 0 Å². The molecule has 0 aromatic heterocycles. The Balaban J connectivity index is 0.00000225. The maximum Gasteiger partial charge on any atom is 0.184 e. The van der Waals surface area contributed by atoms with E-state index >= 15 is 0 Å². The van der Waals surface area contributed by atoms with E-state index < -0.39 is 7.56 Å². The van der Waals surface area contributed by atoms with Gasteiger partial charge in [-0.3, -0.25) is 0 Å². The highest BCUT2D eigenvalue weighted by molar-refractivity contribution is 7.78. The fourth-order valence-electron chi connectivity index (χ4n) is 2.23. The van der Waals surface area contributed by atoms with Crippen LogP contribution in [0.15, 0.2) is 30.3 Å². The van der Waals surface area contributed by atoms with E-state index in [9.17, 15) is 0 Å². The smallest absolute Gasteiger partial charge is 0.184 e. The van der Waals surface area contributed by atoms with Crippen molar-refractivity contribution in [3.8, 4) is 0 Å². The summed E-state index contributed by atoms with van der Waals surface area (Å²) >= 11 is 0. The quantitative estimate of drug-likeness (QED) is 0.523. The van der Waals surface area contributed by atoms with E-state index in [1.54, 1.807) is 0 Å². The third-order valence-corrected chi connectivity index (χ3v) is 7.59. The molecule has 0 aliphatic rings. The first-order valence-electron chi connectivity index (χ1n) is 5.35. The van der Waals surface area contributed by atoms with Crippen molar-refractivity contribution in [2.24, 2.45) is 0 Å². The monoisotopic (exact) mass is 352 g/mol. The van der Waals surface area contributed by atoms with Crippen LogP contribution < -0.4 is 29.3 Å². The van der Waals surface area contributed by atoms with Crippen LogP contribution in [0.4, 0.5) is 0 Å². The molecular formula is C12H22IN2P. The predicted molar refractivity (Wildman–Crippen MR) is 70.9 cm³/mol. The standard InChI is InChI=1S/C12H22N2P.HI/c1-6-15(13(2)3,14(4)5)12-10-8-7-9-11-12;/h7-11H,6H2,1-5H3;1H/q+1;/p-1. The van der Waals surface area contributed by atoms with Gasteiger partial charge in [0.15, 0.2) is 7.56 Å². The highest BCUT2D eigenvalue weighted by Gasteiger charge is 2.44. The zero-order valence-corrected chi connectivity index (χ0v) is 13.9. The Morgan fingerprint density at radius 3 is 1.69 bits per heavy atom. The molecule has 1 aromatic rings. The molecule has 16 heavy (non-hydrogen) atoms. The Hall–Kier alpha value is 0.300. The number of halogens is 1. The Bertz CT molecular complexity index is 293. The lowest BCUT2D eigenvalue weighted by atomic mass is 10.4. The van der Waals surface area contributed by atoms with E-state index in [0.717, 1.165) is 0 Å². The van der Waals surface area contributed by atoms with Crippen LogP contribution in [0.1, 0.15) is 6.92 Å². The fraction of sp³-hybridized carbons (Fsp3) is 0.500. The molecule has 0 unspecified atom stereocenters. The van der Waals surface area contributed by atoms with Crippen LogP contribution in [0.2, 0.25) is 0 Å². The van der Waals surface area contributed by atoms with Crippen molar-refractivity contribution in [2.45, 2.75) is 6.92 Å². The normalized spacial score (nSPS) is 11.7. The molecule has 0 aliphatic heterocycles. The summed E-state index contributed by atoms with van der Waals surface area (Å²) in [5, 5.41) is 1.46. The minimum Gasteiger partial charge on any atom is -1.00 e. The first-order valence-corrected chi connectivity index (χ1v) is 7.23. The molecule has 4 heteroatoms. The first-order chi connectivity index (χ1) is 7.05. The molecule has 0 heterocycles. The average Bonchev–Trinajstić information content (AvgIpc) is 2.20. The van der Waals surface area contributed by atoms with Gasteiger partial charge in [-0.15, -0.1) is 0 Å². The molecule has 1 aromatic carbocycles. The van der Waals surface area contributed by atoms with Crippen LogP contribution in [0.25, 0.3) is 0 Å². The Labute approximate surface area is 117 Å². The average molecular weight is 352 g/mol. The van der Waals surface area contributed by atoms with Crippen molar-refractivity contribution in [2.75, 3.05) is 34.4 Å². The van der Waals surface area contributed by atoms with Gasteiger partial charge in [0.05, 0.1) is 6.16 Å². The van der Waals surface area contributed by atoms with Crippen molar-refractivity contribution in [1.29, 1.82) is 0 Å². The van der Waals surface area contributed by atoms with E-state index in [1.807, 2.05) is 0 Å². The number of hydrogen-bond donors (Lipinski definition) is 0. The molecule has 0 saturated heterocycles. The molecule has 2 nitrogen and oxygen atoms in total. The summed E-state index contributed by atoms with van der Waals surface area (Å²) in [4.78, 5) is 0. The third kappa shape index (κ3) is 2.95. The number of benzene rings is 1.